The van der Waals surface area contributed by atoms with E-state index in [4.69, 9.17) is 32.7 Å². The molecule has 8 heteroatoms. The lowest BCUT2D eigenvalue weighted by Gasteiger charge is -2.17. The summed E-state index contributed by atoms with van der Waals surface area (Å²) in [5.41, 5.74) is 1.11. The zero-order chi connectivity index (χ0) is 22.4. The molecule has 3 aromatic rings. The van der Waals surface area contributed by atoms with Crippen molar-refractivity contribution in [2.45, 2.75) is 13.0 Å². The van der Waals surface area contributed by atoms with Gasteiger partial charge in [0.25, 0.3) is 11.8 Å². The van der Waals surface area contributed by atoms with Gasteiger partial charge in [-0.3, -0.25) is 9.59 Å². The summed E-state index contributed by atoms with van der Waals surface area (Å²) in [5.74, 6) is 0.171. The first-order valence-corrected chi connectivity index (χ1v) is 10.1. The van der Waals surface area contributed by atoms with Gasteiger partial charge < -0.3 is 20.1 Å². The van der Waals surface area contributed by atoms with E-state index in [0.29, 0.717) is 33.5 Å². The second-order valence-electron chi connectivity index (χ2n) is 6.56. The van der Waals surface area contributed by atoms with Gasteiger partial charge in [-0.05, 0) is 49.4 Å². The predicted octanol–water partition coefficient (Wildman–Crippen LogP) is 5.66. The van der Waals surface area contributed by atoms with Crippen LogP contribution in [-0.4, -0.2) is 25.0 Å². The highest BCUT2D eigenvalue weighted by molar-refractivity contribution is 6.34. The monoisotopic (exact) mass is 458 g/mol. The van der Waals surface area contributed by atoms with Crippen LogP contribution in [0.3, 0.4) is 0 Å². The summed E-state index contributed by atoms with van der Waals surface area (Å²) in [6, 6.07) is 18.5. The van der Waals surface area contributed by atoms with Crippen molar-refractivity contribution < 1.29 is 19.1 Å². The molecule has 0 aliphatic heterocycles. The van der Waals surface area contributed by atoms with Crippen molar-refractivity contribution in [2.75, 3.05) is 17.7 Å². The number of hydrogen-bond acceptors (Lipinski definition) is 4. The first-order valence-electron chi connectivity index (χ1n) is 9.34. The first-order chi connectivity index (χ1) is 14.9. The summed E-state index contributed by atoms with van der Waals surface area (Å²) in [4.78, 5) is 25.0. The van der Waals surface area contributed by atoms with Crippen molar-refractivity contribution in [3.05, 3.63) is 82.3 Å². The van der Waals surface area contributed by atoms with Crippen LogP contribution in [0.5, 0.6) is 11.5 Å². The van der Waals surface area contributed by atoms with E-state index in [1.165, 1.54) is 19.2 Å². The Bertz CT molecular complexity index is 1070. The van der Waals surface area contributed by atoms with E-state index in [2.05, 4.69) is 10.6 Å². The van der Waals surface area contributed by atoms with E-state index in [0.717, 1.165) is 0 Å². The van der Waals surface area contributed by atoms with Gasteiger partial charge in [-0.15, -0.1) is 0 Å². The van der Waals surface area contributed by atoms with E-state index in [9.17, 15) is 9.59 Å². The van der Waals surface area contributed by atoms with Gasteiger partial charge in [0.1, 0.15) is 11.5 Å². The van der Waals surface area contributed by atoms with Gasteiger partial charge in [-0.25, -0.2) is 0 Å². The van der Waals surface area contributed by atoms with Gasteiger partial charge in [0.05, 0.1) is 23.5 Å². The molecule has 0 saturated heterocycles. The number of benzene rings is 3. The maximum Gasteiger partial charge on any atom is 0.265 e. The van der Waals surface area contributed by atoms with Crippen molar-refractivity contribution >= 4 is 46.4 Å². The number of nitrogens with one attached hydrogen (secondary N) is 2. The van der Waals surface area contributed by atoms with Crippen LogP contribution in [0.15, 0.2) is 66.7 Å². The Kier molecular flexibility index (Phi) is 7.39. The van der Waals surface area contributed by atoms with E-state index in [1.54, 1.807) is 43.3 Å². The number of hydrogen-bond donors (Lipinski definition) is 2. The smallest absolute Gasteiger partial charge is 0.265 e. The van der Waals surface area contributed by atoms with Gasteiger partial charge in [-0.2, -0.15) is 0 Å². The molecule has 0 radical (unpaired) electrons. The predicted molar refractivity (Wildman–Crippen MR) is 123 cm³/mol. The number of methoxy groups -OCH3 is 1. The lowest BCUT2D eigenvalue weighted by molar-refractivity contribution is -0.122. The van der Waals surface area contributed by atoms with Crippen LogP contribution in [0.1, 0.15) is 17.3 Å². The molecular weight excluding hydrogens is 439 g/mol. The Morgan fingerprint density at radius 3 is 2.23 bits per heavy atom. The molecule has 3 rings (SSSR count). The van der Waals surface area contributed by atoms with Crippen LogP contribution in [0.4, 0.5) is 11.4 Å². The van der Waals surface area contributed by atoms with Crippen LogP contribution < -0.4 is 20.1 Å². The van der Waals surface area contributed by atoms with Gasteiger partial charge in [0.15, 0.2) is 6.10 Å². The second kappa shape index (κ2) is 10.2. The Labute approximate surface area is 190 Å². The van der Waals surface area contributed by atoms with Gasteiger partial charge in [-0.1, -0.05) is 41.4 Å². The van der Waals surface area contributed by atoms with E-state index in [-0.39, 0.29) is 16.8 Å². The lowest BCUT2D eigenvalue weighted by atomic mass is 10.2. The molecule has 0 fully saturated rings. The maximum atomic E-state index is 12.6. The van der Waals surface area contributed by atoms with E-state index in [1.807, 2.05) is 18.2 Å². The average molecular weight is 459 g/mol. The molecule has 31 heavy (non-hydrogen) atoms. The van der Waals surface area contributed by atoms with Crippen molar-refractivity contribution in [1.29, 1.82) is 0 Å². The number of rotatable bonds is 7. The third-order valence-electron chi connectivity index (χ3n) is 4.33. The van der Waals surface area contributed by atoms with Crippen LogP contribution in [0.25, 0.3) is 0 Å². The maximum absolute atomic E-state index is 12.6. The lowest BCUT2D eigenvalue weighted by Crippen LogP contribution is -2.30. The summed E-state index contributed by atoms with van der Waals surface area (Å²) in [5, 5.41) is 6.23. The normalized spacial score (nSPS) is 11.4. The molecular formula is C23H20Cl2N2O4. The van der Waals surface area contributed by atoms with Crippen LogP contribution >= 0.6 is 23.2 Å². The summed E-state index contributed by atoms with van der Waals surface area (Å²) >= 11 is 12.2. The molecule has 160 valence electrons. The van der Waals surface area contributed by atoms with E-state index < -0.39 is 6.10 Å². The van der Waals surface area contributed by atoms with E-state index >= 15 is 0 Å². The van der Waals surface area contributed by atoms with Crippen molar-refractivity contribution in [3.63, 3.8) is 0 Å². The van der Waals surface area contributed by atoms with Crippen molar-refractivity contribution in [1.82, 2.24) is 0 Å². The number of carbonyl (C=O) groups is 2. The minimum absolute atomic E-state index is 0.232. The zero-order valence-electron chi connectivity index (χ0n) is 16.8. The molecule has 0 heterocycles. The summed E-state index contributed by atoms with van der Waals surface area (Å²) in [6.07, 6.45) is -0.754. The Morgan fingerprint density at radius 2 is 1.58 bits per heavy atom. The third kappa shape index (κ3) is 5.90. The minimum Gasteiger partial charge on any atom is -0.494 e. The summed E-state index contributed by atoms with van der Waals surface area (Å²) < 4.78 is 11.0. The first kappa shape index (κ1) is 22.5. The molecule has 0 aliphatic carbocycles. The van der Waals surface area contributed by atoms with Gasteiger partial charge in [0.2, 0.25) is 0 Å². The van der Waals surface area contributed by atoms with Crippen LogP contribution in [0, 0.1) is 0 Å². The zero-order valence-corrected chi connectivity index (χ0v) is 18.3. The number of amides is 2. The topological polar surface area (TPSA) is 76.7 Å². The molecule has 1 unspecified atom stereocenters. The molecule has 2 N–H and O–H groups in total. The standard InChI is InChI=1S/C23H20Cl2N2O4/c1-14(31-17-6-4-3-5-7-17)22(28)27-20-12-18(25)19(13-21(20)30-2)26-23(29)15-8-10-16(24)11-9-15/h3-14H,1-2H3,(H,26,29)(H,27,28). The highest BCUT2D eigenvalue weighted by Crippen LogP contribution is 2.35. The largest absolute Gasteiger partial charge is 0.494 e. The number of halogens is 2. The average Bonchev–Trinajstić information content (AvgIpc) is 2.76. The van der Waals surface area contributed by atoms with Crippen LogP contribution in [0.2, 0.25) is 10.0 Å². The number of ether oxygens (including phenoxy) is 2. The highest BCUT2D eigenvalue weighted by Gasteiger charge is 2.19. The molecule has 3 aromatic carbocycles. The fourth-order valence-corrected chi connectivity index (χ4v) is 3.04. The number of carbonyl (C=O) groups excluding carboxylic acids is 2. The van der Waals surface area contributed by atoms with Crippen LogP contribution in [-0.2, 0) is 4.79 Å². The fourth-order valence-electron chi connectivity index (χ4n) is 2.70. The molecule has 1 atom stereocenters. The Hall–Kier alpha value is -3.22. The number of anilines is 2. The Balaban J connectivity index is 1.73. The molecule has 0 aromatic heterocycles. The van der Waals surface area contributed by atoms with Crippen molar-refractivity contribution in [2.24, 2.45) is 0 Å². The third-order valence-corrected chi connectivity index (χ3v) is 4.89. The fraction of sp³-hybridized carbons (Fsp3) is 0.130. The molecule has 0 aliphatic rings. The number of para-hydroxylation sites is 1. The molecule has 2 amide bonds. The molecule has 6 nitrogen and oxygen atoms in total. The SMILES string of the molecule is COc1cc(NC(=O)c2ccc(Cl)cc2)c(Cl)cc1NC(=O)C(C)Oc1ccccc1. The minimum atomic E-state index is -0.754. The van der Waals surface area contributed by atoms with Crippen molar-refractivity contribution in [3.8, 4) is 11.5 Å². The van der Waals surface area contributed by atoms with Gasteiger partial charge >= 0.3 is 0 Å². The quantitative estimate of drug-likeness (QED) is 0.478. The molecule has 0 bridgehead atoms. The molecule has 0 saturated carbocycles. The Morgan fingerprint density at radius 1 is 0.903 bits per heavy atom. The highest BCUT2D eigenvalue weighted by atomic mass is 35.5. The molecule has 0 spiro atoms. The summed E-state index contributed by atoms with van der Waals surface area (Å²) in [7, 11) is 1.45. The van der Waals surface area contributed by atoms with Gasteiger partial charge in [0, 0.05) is 16.7 Å². The summed E-state index contributed by atoms with van der Waals surface area (Å²) in [6.45, 7) is 1.64. The second-order valence-corrected chi connectivity index (χ2v) is 7.40.